The molecule has 0 aliphatic rings. The highest BCUT2D eigenvalue weighted by Gasteiger charge is 2.08. The normalized spacial score (nSPS) is 9.83. The molecule has 0 atom stereocenters. The standard InChI is InChI=1S/C15H15N3/c1-11-14(17)7-4-8-15(11)18(2)13-6-3-5-12(9-13)10-16/h3-9H,17H2,1-2H3. The molecule has 0 saturated carbocycles. The zero-order valence-corrected chi connectivity index (χ0v) is 10.5. The van der Waals surface area contributed by atoms with Crippen LogP contribution in [0.25, 0.3) is 0 Å². The predicted octanol–water partition coefficient (Wildman–Crippen LogP) is 3.22. The Hall–Kier alpha value is -2.47. The molecule has 3 nitrogen and oxygen atoms in total. The van der Waals surface area contributed by atoms with Crippen molar-refractivity contribution in [2.24, 2.45) is 0 Å². The van der Waals surface area contributed by atoms with Crippen LogP contribution in [-0.2, 0) is 0 Å². The molecule has 3 heteroatoms. The number of benzene rings is 2. The van der Waals surface area contributed by atoms with E-state index in [4.69, 9.17) is 11.0 Å². The maximum Gasteiger partial charge on any atom is 0.0992 e. The lowest BCUT2D eigenvalue weighted by atomic mass is 10.1. The average molecular weight is 237 g/mol. The van der Waals surface area contributed by atoms with E-state index in [1.54, 1.807) is 6.07 Å². The quantitative estimate of drug-likeness (QED) is 0.816. The molecule has 2 aromatic carbocycles. The number of hydrogen-bond donors (Lipinski definition) is 1. The summed E-state index contributed by atoms with van der Waals surface area (Å²) >= 11 is 0. The zero-order chi connectivity index (χ0) is 13.1. The summed E-state index contributed by atoms with van der Waals surface area (Å²) < 4.78 is 0. The minimum absolute atomic E-state index is 0.654. The third kappa shape index (κ3) is 2.14. The van der Waals surface area contributed by atoms with Crippen molar-refractivity contribution >= 4 is 17.1 Å². The largest absolute Gasteiger partial charge is 0.398 e. The lowest BCUT2D eigenvalue weighted by Gasteiger charge is -2.22. The van der Waals surface area contributed by atoms with E-state index in [1.807, 2.05) is 55.3 Å². The smallest absolute Gasteiger partial charge is 0.0992 e. The fourth-order valence-electron chi connectivity index (χ4n) is 1.93. The molecule has 2 aromatic rings. The van der Waals surface area contributed by atoms with Gasteiger partial charge in [-0.25, -0.2) is 0 Å². The molecule has 0 unspecified atom stereocenters. The number of hydrogen-bond acceptors (Lipinski definition) is 3. The maximum atomic E-state index is 8.92. The fourth-order valence-corrected chi connectivity index (χ4v) is 1.93. The van der Waals surface area contributed by atoms with E-state index in [-0.39, 0.29) is 0 Å². The number of nitrogens with zero attached hydrogens (tertiary/aromatic N) is 2. The van der Waals surface area contributed by atoms with Gasteiger partial charge in [-0.2, -0.15) is 5.26 Å². The van der Waals surface area contributed by atoms with Crippen LogP contribution in [0, 0.1) is 18.3 Å². The maximum absolute atomic E-state index is 8.92. The van der Waals surface area contributed by atoms with E-state index in [0.29, 0.717) is 5.56 Å². The van der Waals surface area contributed by atoms with Gasteiger partial charge in [-0.3, -0.25) is 0 Å². The van der Waals surface area contributed by atoms with Gasteiger partial charge in [0.2, 0.25) is 0 Å². The Labute approximate surface area is 107 Å². The van der Waals surface area contributed by atoms with Crippen LogP contribution in [0.4, 0.5) is 17.1 Å². The number of nitrogens with two attached hydrogens (primary N) is 1. The average Bonchev–Trinajstić information content (AvgIpc) is 2.41. The molecule has 0 aliphatic carbocycles. The van der Waals surface area contributed by atoms with Crippen LogP contribution in [0.2, 0.25) is 0 Å². The molecular formula is C15H15N3. The third-order valence-electron chi connectivity index (χ3n) is 3.07. The Bertz CT molecular complexity index is 611. The summed E-state index contributed by atoms with van der Waals surface area (Å²) in [5.74, 6) is 0. The topological polar surface area (TPSA) is 53.0 Å². The molecule has 18 heavy (non-hydrogen) atoms. The molecule has 0 amide bonds. The molecule has 0 aromatic heterocycles. The van der Waals surface area contributed by atoms with E-state index in [2.05, 4.69) is 6.07 Å². The number of rotatable bonds is 2. The molecule has 0 aliphatic heterocycles. The Kier molecular flexibility index (Phi) is 3.20. The van der Waals surface area contributed by atoms with E-state index in [9.17, 15) is 0 Å². The summed E-state index contributed by atoms with van der Waals surface area (Å²) in [4.78, 5) is 2.03. The highest BCUT2D eigenvalue weighted by molar-refractivity contribution is 5.71. The van der Waals surface area contributed by atoms with Crippen molar-refractivity contribution in [3.8, 4) is 6.07 Å². The predicted molar refractivity (Wildman–Crippen MR) is 74.8 cm³/mol. The van der Waals surface area contributed by atoms with Crippen molar-refractivity contribution < 1.29 is 0 Å². The molecule has 0 bridgehead atoms. The first-order valence-corrected chi connectivity index (χ1v) is 5.72. The van der Waals surface area contributed by atoms with Crippen molar-refractivity contribution in [1.29, 1.82) is 5.26 Å². The molecule has 0 spiro atoms. The molecule has 0 saturated heterocycles. The zero-order valence-electron chi connectivity index (χ0n) is 10.5. The number of nitriles is 1. The summed E-state index contributed by atoms with van der Waals surface area (Å²) in [7, 11) is 1.97. The van der Waals surface area contributed by atoms with Gasteiger partial charge in [0.05, 0.1) is 11.6 Å². The SMILES string of the molecule is Cc1c(N)cccc1N(C)c1cccc(C#N)c1. The van der Waals surface area contributed by atoms with Gasteiger partial charge in [0.25, 0.3) is 0 Å². The first-order chi connectivity index (χ1) is 8.63. The highest BCUT2D eigenvalue weighted by Crippen LogP contribution is 2.29. The molecule has 2 N–H and O–H groups in total. The number of nitrogen functional groups attached to an aromatic ring is 1. The van der Waals surface area contributed by atoms with Gasteiger partial charge >= 0.3 is 0 Å². The van der Waals surface area contributed by atoms with Crippen LogP contribution in [0.3, 0.4) is 0 Å². The van der Waals surface area contributed by atoms with E-state index in [1.165, 1.54) is 0 Å². The van der Waals surface area contributed by atoms with Crippen molar-refractivity contribution in [2.75, 3.05) is 17.7 Å². The molecule has 0 heterocycles. The van der Waals surface area contributed by atoms with E-state index in [0.717, 1.165) is 22.6 Å². The van der Waals surface area contributed by atoms with Crippen LogP contribution >= 0.6 is 0 Å². The second kappa shape index (κ2) is 4.80. The van der Waals surface area contributed by atoms with Crippen LogP contribution in [0.1, 0.15) is 11.1 Å². The van der Waals surface area contributed by atoms with Crippen molar-refractivity contribution in [3.05, 3.63) is 53.6 Å². The first kappa shape index (κ1) is 12.0. The van der Waals surface area contributed by atoms with Crippen LogP contribution in [-0.4, -0.2) is 7.05 Å². The van der Waals surface area contributed by atoms with E-state index >= 15 is 0 Å². The first-order valence-electron chi connectivity index (χ1n) is 5.72. The Morgan fingerprint density at radius 3 is 2.61 bits per heavy atom. The van der Waals surface area contributed by atoms with Gasteiger partial charge in [-0.1, -0.05) is 12.1 Å². The van der Waals surface area contributed by atoms with Crippen LogP contribution < -0.4 is 10.6 Å². The second-order valence-electron chi connectivity index (χ2n) is 4.21. The summed E-state index contributed by atoms with van der Waals surface area (Å²) in [6.45, 7) is 2.00. The van der Waals surface area contributed by atoms with Gasteiger partial charge in [0.15, 0.2) is 0 Å². The second-order valence-corrected chi connectivity index (χ2v) is 4.21. The summed E-state index contributed by atoms with van der Waals surface area (Å²) in [5, 5.41) is 8.92. The van der Waals surface area contributed by atoms with Crippen molar-refractivity contribution in [2.45, 2.75) is 6.92 Å². The lowest BCUT2D eigenvalue weighted by molar-refractivity contribution is 1.18. The molecule has 2 rings (SSSR count). The summed E-state index contributed by atoms with van der Waals surface area (Å²) in [5.41, 5.74) is 10.4. The summed E-state index contributed by atoms with van der Waals surface area (Å²) in [6.07, 6.45) is 0. The number of anilines is 3. The summed E-state index contributed by atoms with van der Waals surface area (Å²) in [6, 6.07) is 15.5. The van der Waals surface area contributed by atoms with Crippen molar-refractivity contribution in [1.82, 2.24) is 0 Å². The molecule has 0 radical (unpaired) electrons. The third-order valence-corrected chi connectivity index (χ3v) is 3.07. The van der Waals surface area contributed by atoms with Crippen LogP contribution in [0.5, 0.6) is 0 Å². The molecule has 0 fully saturated rings. The lowest BCUT2D eigenvalue weighted by Crippen LogP contribution is -2.11. The molecule has 90 valence electrons. The van der Waals surface area contributed by atoms with Gasteiger partial charge in [0, 0.05) is 24.1 Å². The van der Waals surface area contributed by atoms with Gasteiger partial charge < -0.3 is 10.6 Å². The van der Waals surface area contributed by atoms with Gasteiger partial charge in [-0.15, -0.1) is 0 Å². The Morgan fingerprint density at radius 2 is 1.89 bits per heavy atom. The van der Waals surface area contributed by atoms with E-state index < -0.39 is 0 Å². The monoisotopic (exact) mass is 237 g/mol. The molecular weight excluding hydrogens is 222 g/mol. The van der Waals surface area contributed by atoms with Gasteiger partial charge in [-0.05, 0) is 42.8 Å². The fraction of sp³-hybridized carbons (Fsp3) is 0.133. The Morgan fingerprint density at radius 1 is 1.17 bits per heavy atom. The van der Waals surface area contributed by atoms with Gasteiger partial charge in [0.1, 0.15) is 0 Å². The highest BCUT2D eigenvalue weighted by atomic mass is 15.1. The van der Waals surface area contributed by atoms with Crippen LogP contribution in [0.15, 0.2) is 42.5 Å². The van der Waals surface area contributed by atoms with Crippen molar-refractivity contribution in [3.63, 3.8) is 0 Å². The minimum Gasteiger partial charge on any atom is -0.398 e. The minimum atomic E-state index is 0.654. The Balaban J connectivity index is 2.45.